The summed E-state index contributed by atoms with van der Waals surface area (Å²) in [6.45, 7) is 7.54. The molecule has 8 heteroatoms. The topological polar surface area (TPSA) is 91.0 Å². The van der Waals surface area contributed by atoms with Crippen LogP contribution in [0, 0.1) is 5.92 Å². The van der Waals surface area contributed by atoms with Crippen LogP contribution in [0.5, 0.6) is 0 Å². The summed E-state index contributed by atoms with van der Waals surface area (Å²) in [7, 11) is 1.71. The molecule has 2 saturated heterocycles. The quantitative estimate of drug-likeness (QED) is 0.463. The average molecular weight is 535 g/mol. The van der Waals surface area contributed by atoms with E-state index < -0.39 is 23.7 Å². The second kappa shape index (κ2) is 12.7. The second-order valence-corrected chi connectivity index (χ2v) is 11.1. The van der Waals surface area contributed by atoms with Gasteiger partial charge in [0.15, 0.2) is 0 Å². The minimum Gasteiger partial charge on any atom is -0.367 e. The van der Waals surface area contributed by atoms with E-state index in [1.54, 1.807) is 18.9 Å². The Hall–Kier alpha value is -3.23. The first-order valence-electron chi connectivity index (χ1n) is 14.0. The highest BCUT2D eigenvalue weighted by atomic mass is 16.5. The zero-order valence-corrected chi connectivity index (χ0v) is 23.6. The minimum absolute atomic E-state index is 0.0754. The molecule has 0 bridgehead atoms. The van der Waals surface area contributed by atoms with Crippen molar-refractivity contribution in [1.82, 2.24) is 20.4 Å². The van der Waals surface area contributed by atoms with Gasteiger partial charge in [0.05, 0.1) is 12.6 Å². The molecule has 3 amide bonds. The van der Waals surface area contributed by atoms with Crippen LogP contribution in [-0.2, 0) is 32.1 Å². The smallest absolute Gasteiger partial charge is 0.248 e. The van der Waals surface area contributed by atoms with Gasteiger partial charge >= 0.3 is 0 Å². The third kappa shape index (κ3) is 6.50. The summed E-state index contributed by atoms with van der Waals surface area (Å²) < 4.78 is 6.58. The number of likely N-dealkylation sites (N-methyl/N-ethyl adjacent to an activating group) is 1. The lowest BCUT2D eigenvalue weighted by Gasteiger charge is -2.45. The van der Waals surface area contributed by atoms with Crippen molar-refractivity contribution >= 4 is 17.7 Å². The molecule has 0 spiro atoms. The van der Waals surface area contributed by atoms with Gasteiger partial charge in [0.25, 0.3) is 0 Å². The molecule has 0 saturated carbocycles. The number of nitrogens with one attached hydrogen (secondary N) is 2. The highest BCUT2D eigenvalue weighted by Gasteiger charge is 2.58. The SMILES string of the molecule is CN[C@@H](C)C(=O)N[C@H](C(=O)N1CC[C@@]2(OCc3ccccc3)CCN(CCc3ccccc3)C(=O)C12)C(C)C. The highest BCUT2D eigenvalue weighted by Crippen LogP contribution is 2.41. The normalized spacial score (nSPS) is 22.5. The molecule has 0 aromatic heterocycles. The third-order valence-electron chi connectivity index (χ3n) is 8.16. The maximum atomic E-state index is 14.1. The second-order valence-electron chi connectivity index (χ2n) is 11.1. The maximum Gasteiger partial charge on any atom is 0.248 e. The Morgan fingerprint density at radius 3 is 2.21 bits per heavy atom. The van der Waals surface area contributed by atoms with Gasteiger partial charge in [-0.3, -0.25) is 14.4 Å². The van der Waals surface area contributed by atoms with Crippen molar-refractivity contribution in [1.29, 1.82) is 0 Å². The Labute approximate surface area is 232 Å². The minimum atomic E-state index is -0.754. The largest absolute Gasteiger partial charge is 0.367 e. The summed E-state index contributed by atoms with van der Waals surface area (Å²) >= 11 is 0. The molecule has 2 N–H and O–H groups in total. The van der Waals surface area contributed by atoms with E-state index in [9.17, 15) is 14.4 Å². The van der Waals surface area contributed by atoms with Crippen LogP contribution in [0.2, 0.25) is 0 Å². The van der Waals surface area contributed by atoms with Crippen LogP contribution in [0.4, 0.5) is 0 Å². The number of carbonyl (C=O) groups excluding carboxylic acids is 3. The molecule has 2 heterocycles. The molecule has 2 aromatic carbocycles. The number of nitrogens with zero attached hydrogens (tertiary/aromatic N) is 2. The fourth-order valence-corrected chi connectivity index (χ4v) is 5.58. The molecule has 4 rings (SSSR count). The summed E-state index contributed by atoms with van der Waals surface area (Å²) in [6, 6.07) is 18.1. The van der Waals surface area contributed by atoms with Gasteiger partial charge in [-0.25, -0.2) is 0 Å². The Morgan fingerprint density at radius 1 is 0.974 bits per heavy atom. The van der Waals surface area contributed by atoms with Crippen molar-refractivity contribution in [2.75, 3.05) is 26.7 Å². The molecule has 39 heavy (non-hydrogen) atoms. The number of hydrogen-bond acceptors (Lipinski definition) is 5. The van der Waals surface area contributed by atoms with Gasteiger partial charge in [-0.2, -0.15) is 0 Å². The van der Waals surface area contributed by atoms with Gasteiger partial charge in [-0.05, 0) is 50.3 Å². The van der Waals surface area contributed by atoms with E-state index in [2.05, 4.69) is 22.8 Å². The molecule has 8 nitrogen and oxygen atoms in total. The van der Waals surface area contributed by atoms with E-state index in [1.165, 1.54) is 5.56 Å². The Kier molecular flexibility index (Phi) is 9.40. The average Bonchev–Trinajstić information content (AvgIpc) is 3.35. The molecule has 1 unspecified atom stereocenters. The number of rotatable bonds is 11. The zero-order valence-electron chi connectivity index (χ0n) is 23.6. The fraction of sp³-hybridized carbons (Fsp3) is 0.516. The number of benzene rings is 2. The maximum absolute atomic E-state index is 14.1. The molecule has 2 aliphatic rings. The van der Waals surface area contributed by atoms with Gasteiger partial charge in [-0.1, -0.05) is 74.5 Å². The van der Waals surface area contributed by atoms with E-state index >= 15 is 0 Å². The molecule has 4 atom stereocenters. The lowest BCUT2D eigenvalue weighted by atomic mass is 9.85. The fourth-order valence-electron chi connectivity index (χ4n) is 5.58. The lowest BCUT2D eigenvalue weighted by Crippen LogP contribution is -2.65. The zero-order chi connectivity index (χ0) is 28.0. The van der Waals surface area contributed by atoms with Crippen LogP contribution in [0.3, 0.4) is 0 Å². The van der Waals surface area contributed by atoms with Crippen LogP contribution in [-0.4, -0.2) is 77.9 Å². The van der Waals surface area contributed by atoms with Gasteiger partial charge in [0, 0.05) is 19.6 Å². The molecule has 210 valence electrons. The Bertz CT molecular complexity index is 1130. The highest BCUT2D eigenvalue weighted by molar-refractivity contribution is 5.94. The van der Waals surface area contributed by atoms with Crippen molar-refractivity contribution in [3.8, 4) is 0 Å². The number of piperidine rings is 1. The number of fused-ring (bicyclic) bond motifs is 1. The predicted molar refractivity (Wildman–Crippen MR) is 151 cm³/mol. The van der Waals surface area contributed by atoms with Gasteiger partial charge in [0.2, 0.25) is 17.7 Å². The van der Waals surface area contributed by atoms with Crippen LogP contribution in [0.25, 0.3) is 0 Å². The van der Waals surface area contributed by atoms with E-state index in [1.807, 2.05) is 67.3 Å². The summed E-state index contributed by atoms with van der Waals surface area (Å²) in [4.78, 5) is 44.3. The molecule has 0 aliphatic carbocycles. The molecule has 2 fully saturated rings. The number of likely N-dealkylation sites (tertiary alicyclic amines) is 2. The van der Waals surface area contributed by atoms with Crippen molar-refractivity contribution in [3.63, 3.8) is 0 Å². The van der Waals surface area contributed by atoms with E-state index in [0.717, 1.165) is 12.0 Å². The van der Waals surface area contributed by atoms with Crippen molar-refractivity contribution in [3.05, 3.63) is 71.8 Å². The first kappa shape index (κ1) is 28.8. The summed E-state index contributed by atoms with van der Waals surface area (Å²) in [6.07, 6.45) is 1.99. The van der Waals surface area contributed by atoms with Crippen molar-refractivity contribution < 1.29 is 19.1 Å². The Balaban J connectivity index is 1.57. The monoisotopic (exact) mass is 534 g/mol. The number of carbonyl (C=O) groups is 3. The van der Waals surface area contributed by atoms with Crippen LogP contribution < -0.4 is 10.6 Å². The van der Waals surface area contributed by atoms with Crippen LogP contribution in [0.15, 0.2) is 60.7 Å². The summed E-state index contributed by atoms with van der Waals surface area (Å²) in [5.74, 6) is -0.683. The number of ether oxygens (including phenoxy) is 1. The first-order valence-corrected chi connectivity index (χ1v) is 14.0. The first-order chi connectivity index (χ1) is 18.8. The van der Waals surface area contributed by atoms with Gasteiger partial charge in [0.1, 0.15) is 17.7 Å². The standard InChI is InChI=1S/C31H42N4O4/c1-22(2)26(33-28(36)23(3)32-4)29(37)35-20-17-31(39-21-25-13-9-6-10-14-25)16-19-34(30(38)27(31)35)18-15-24-11-7-5-8-12-24/h5-14,22-23,26-27,32H,15-21H2,1-4H3,(H,33,36)/t23-,26-,27?,31-/m0/s1. The summed E-state index contributed by atoms with van der Waals surface area (Å²) in [5.41, 5.74) is 1.45. The van der Waals surface area contributed by atoms with Crippen LogP contribution in [0.1, 0.15) is 44.7 Å². The van der Waals surface area contributed by atoms with Gasteiger partial charge < -0.3 is 25.2 Å². The molecule has 0 radical (unpaired) electrons. The predicted octanol–water partition coefficient (Wildman–Crippen LogP) is 2.77. The molecular weight excluding hydrogens is 492 g/mol. The molecular formula is C31H42N4O4. The number of hydrogen-bond donors (Lipinski definition) is 2. The number of amides is 3. The van der Waals surface area contributed by atoms with E-state index in [-0.39, 0.29) is 23.6 Å². The third-order valence-corrected chi connectivity index (χ3v) is 8.16. The van der Waals surface area contributed by atoms with Gasteiger partial charge in [-0.15, -0.1) is 0 Å². The lowest BCUT2D eigenvalue weighted by molar-refractivity contribution is -0.166. The van der Waals surface area contributed by atoms with E-state index in [0.29, 0.717) is 39.1 Å². The molecule has 2 aromatic rings. The summed E-state index contributed by atoms with van der Waals surface area (Å²) in [5, 5.41) is 5.85. The van der Waals surface area contributed by atoms with E-state index in [4.69, 9.17) is 4.74 Å². The van der Waals surface area contributed by atoms with Crippen molar-refractivity contribution in [2.45, 2.75) is 70.4 Å². The Morgan fingerprint density at radius 2 is 1.59 bits per heavy atom. The van der Waals surface area contributed by atoms with Crippen molar-refractivity contribution in [2.24, 2.45) is 5.92 Å². The van der Waals surface area contributed by atoms with Crippen LogP contribution >= 0.6 is 0 Å². The molecule has 2 aliphatic heterocycles.